The first-order valence-electron chi connectivity index (χ1n) is 12.5. The highest BCUT2D eigenvalue weighted by molar-refractivity contribution is 9.09. The van der Waals surface area contributed by atoms with Gasteiger partial charge in [0.2, 0.25) is 11.8 Å². The molecule has 3 fully saturated rings. The summed E-state index contributed by atoms with van der Waals surface area (Å²) in [6.45, 7) is 1.80. The van der Waals surface area contributed by atoms with Crippen molar-refractivity contribution in [3.63, 3.8) is 0 Å². The van der Waals surface area contributed by atoms with E-state index >= 15 is 0 Å². The summed E-state index contributed by atoms with van der Waals surface area (Å²) in [5, 5.41) is 10.2. The summed E-state index contributed by atoms with van der Waals surface area (Å²) in [6, 6.07) is 8.51. The minimum Gasteiger partial charge on any atom is -0.505 e. The predicted molar refractivity (Wildman–Crippen MR) is 150 cm³/mol. The zero-order valence-electron chi connectivity index (χ0n) is 20.8. The highest BCUT2D eigenvalue weighted by Gasteiger charge is 2.76. The summed E-state index contributed by atoms with van der Waals surface area (Å²) >= 11 is 23.7. The zero-order chi connectivity index (χ0) is 28.9. The minimum absolute atomic E-state index is 0.167. The normalized spacial score (nSPS) is 33.2. The van der Waals surface area contributed by atoms with E-state index in [4.69, 9.17) is 34.8 Å². The highest BCUT2D eigenvalue weighted by Crippen LogP contribution is 2.65. The lowest BCUT2D eigenvalue weighted by Crippen LogP contribution is -2.60. The summed E-state index contributed by atoms with van der Waals surface area (Å²) in [5.74, 6) is -7.42. The van der Waals surface area contributed by atoms with Crippen molar-refractivity contribution < 1.29 is 28.7 Å². The van der Waals surface area contributed by atoms with Crippen LogP contribution in [-0.4, -0.2) is 48.8 Å². The third-order valence-electron chi connectivity index (χ3n) is 8.73. The van der Waals surface area contributed by atoms with E-state index in [9.17, 15) is 28.7 Å². The quantitative estimate of drug-likeness (QED) is 0.204. The van der Waals surface area contributed by atoms with Crippen LogP contribution in [0.15, 0.2) is 48.0 Å². The average Bonchev–Trinajstić information content (AvgIpc) is 3.25. The minimum atomic E-state index is -2.05. The molecule has 2 aliphatic carbocycles. The number of halogens is 5. The number of phenols is 1. The number of fused-ring (bicyclic) bond motifs is 4. The number of benzene rings is 2. The smallest absolute Gasteiger partial charge is 0.254 e. The molecule has 0 bridgehead atoms. The number of hydrogen-bond donors (Lipinski definition) is 1. The monoisotopic (exact) mass is 668 g/mol. The van der Waals surface area contributed by atoms with Crippen molar-refractivity contribution in [2.75, 3.05) is 10.4 Å². The summed E-state index contributed by atoms with van der Waals surface area (Å²) in [7, 11) is 0. The molecular weight excluding hydrogens is 650 g/mol. The van der Waals surface area contributed by atoms with E-state index in [1.54, 1.807) is 31.2 Å². The van der Waals surface area contributed by atoms with E-state index in [1.165, 1.54) is 6.07 Å². The van der Waals surface area contributed by atoms with E-state index in [2.05, 4.69) is 15.9 Å². The van der Waals surface area contributed by atoms with Crippen LogP contribution in [0.3, 0.4) is 0 Å². The van der Waals surface area contributed by atoms with Gasteiger partial charge in [-0.3, -0.25) is 24.1 Å². The third-order valence-corrected chi connectivity index (χ3v) is 11.1. The Labute approximate surface area is 252 Å². The standard InChI is InChI=1S/C28H21BrCl3FN2O5/c1-12-2-4-14(9-18(12)30)35-23(37)16-6-5-15-17(21(16)24(35)38)10-27(31)25(39)34(11-29)26(40)28(27,32)22(15)13-3-7-20(36)19(33)8-13/h2-5,7-9,16-17,21-22,36H,6,10-11H2,1H3/t16-,17+,21-,22-,27+,28-/m0/s1. The van der Waals surface area contributed by atoms with Gasteiger partial charge in [0, 0.05) is 10.9 Å². The van der Waals surface area contributed by atoms with Gasteiger partial charge >= 0.3 is 0 Å². The fourth-order valence-corrected chi connectivity index (χ4v) is 8.41. The van der Waals surface area contributed by atoms with Crippen molar-refractivity contribution in [2.45, 2.75) is 35.4 Å². The van der Waals surface area contributed by atoms with Crippen LogP contribution in [0.4, 0.5) is 10.1 Å². The molecule has 0 unspecified atom stereocenters. The molecule has 2 aromatic rings. The number of allylic oxidation sites excluding steroid dienone is 2. The van der Waals surface area contributed by atoms with Crippen LogP contribution in [0.1, 0.15) is 29.9 Å². The molecule has 2 aromatic carbocycles. The molecule has 1 N–H and O–H groups in total. The number of imide groups is 2. The molecule has 1 saturated carbocycles. The molecule has 2 saturated heterocycles. The lowest BCUT2D eigenvalue weighted by atomic mass is 9.56. The number of rotatable bonds is 3. The Hall–Kier alpha value is -2.46. The number of carbonyl (C=O) groups excluding carboxylic acids is 4. The fraction of sp³-hybridized carbons (Fsp3) is 0.357. The first kappa shape index (κ1) is 27.7. The zero-order valence-corrected chi connectivity index (χ0v) is 24.7. The maximum Gasteiger partial charge on any atom is 0.254 e. The van der Waals surface area contributed by atoms with E-state index in [1.807, 2.05) is 0 Å². The molecule has 4 aliphatic rings. The van der Waals surface area contributed by atoms with Crippen molar-refractivity contribution >= 4 is 80.0 Å². The Bertz CT molecular complexity index is 1570. The van der Waals surface area contributed by atoms with Gasteiger partial charge in [0.1, 0.15) is 0 Å². The summed E-state index contributed by atoms with van der Waals surface area (Å²) in [6.07, 6.45) is 1.74. The number of aromatic hydroxyl groups is 1. The molecule has 40 heavy (non-hydrogen) atoms. The molecule has 0 aromatic heterocycles. The van der Waals surface area contributed by atoms with E-state index < -0.39 is 68.6 Å². The van der Waals surface area contributed by atoms with Crippen LogP contribution in [0.25, 0.3) is 0 Å². The second-order valence-corrected chi connectivity index (χ2v) is 12.8. The molecule has 2 heterocycles. The molecule has 12 heteroatoms. The Morgan fingerprint density at radius 3 is 2.42 bits per heavy atom. The Balaban J connectivity index is 1.52. The Morgan fingerprint density at radius 1 is 1.05 bits per heavy atom. The van der Waals surface area contributed by atoms with Gasteiger partial charge in [0.15, 0.2) is 21.3 Å². The van der Waals surface area contributed by atoms with Crippen molar-refractivity contribution in [3.8, 4) is 5.75 Å². The summed E-state index contributed by atoms with van der Waals surface area (Å²) in [4.78, 5) is 52.9. The van der Waals surface area contributed by atoms with Crippen molar-refractivity contribution in [2.24, 2.45) is 17.8 Å². The maximum absolute atomic E-state index is 14.6. The number of alkyl halides is 3. The Kier molecular flexibility index (Phi) is 6.42. The first-order valence-corrected chi connectivity index (χ1v) is 14.7. The lowest BCUT2D eigenvalue weighted by Gasteiger charge is -2.50. The molecule has 2 aliphatic heterocycles. The average molecular weight is 671 g/mol. The molecule has 7 nitrogen and oxygen atoms in total. The molecule has 6 atom stereocenters. The van der Waals surface area contributed by atoms with Gasteiger partial charge in [-0.2, -0.15) is 0 Å². The highest BCUT2D eigenvalue weighted by atomic mass is 79.9. The van der Waals surface area contributed by atoms with Crippen LogP contribution in [0.5, 0.6) is 5.75 Å². The molecule has 0 spiro atoms. The number of amides is 4. The first-order chi connectivity index (χ1) is 18.9. The van der Waals surface area contributed by atoms with Crippen LogP contribution >= 0.6 is 50.7 Å². The van der Waals surface area contributed by atoms with Crippen LogP contribution < -0.4 is 4.90 Å². The van der Waals surface area contributed by atoms with Gasteiger partial charge in [-0.05, 0) is 61.1 Å². The molecular formula is C28H21BrCl3FN2O5. The van der Waals surface area contributed by atoms with Crippen LogP contribution in [-0.2, 0) is 19.2 Å². The lowest BCUT2D eigenvalue weighted by molar-refractivity contribution is -0.138. The van der Waals surface area contributed by atoms with Gasteiger partial charge in [0.05, 0.1) is 23.0 Å². The number of carbonyl (C=O) groups is 4. The second kappa shape index (κ2) is 9.28. The third kappa shape index (κ3) is 3.47. The number of phenolic OH excluding ortho intramolecular Hbond substituents is 1. The van der Waals surface area contributed by atoms with E-state index in [0.29, 0.717) is 16.3 Å². The molecule has 0 radical (unpaired) electrons. The van der Waals surface area contributed by atoms with E-state index in [-0.39, 0.29) is 23.9 Å². The number of anilines is 1. The molecule has 6 rings (SSSR count). The van der Waals surface area contributed by atoms with Gasteiger partial charge in [-0.25, -0.2) is 9.29 Å². The summed E-state index contributed by atoms with van der Waals surface area (Å²) < 4.78 is 14.6. The van der Waals surface area contributed by atoms with Crippen molar-refractivity contribution in [3.05, 3.63) is 70.0 Å². The van der Waals surface area contributed by atoms with Crippen LogP contribution in [0.2, 0.25) is 5.02 Å². The topological polar surface area (TPSA) is 95.0 Å². The number of aryl methyl sites for hydroxylation is 1. The number of likely N-dealkylation sites (tertiary alicyclic amines) is 1. The van der Waals surface area contributed by atoms with Gasteiger partial charge in [-0.15, -0.1) is 23.2 Å². The predicted octanol–water partition coefficient (Wildman–Crippen LogP) is 5.41. The van der Waals surface area contributed by atoms with Gasteiger partial charge < -0.3 is 5.11 Å². The molecule has 208 valence electrons. The SMILES string of the molecule is Cc1ccc(N2C(=O)[C@H]3[C@H](CC=C4[C@H]3C[C@@]3(Cl)C(=O)N(CBr)C(=O)[C@@]3(Cl)[C@H]4c3ccc(O)c(F)c3)C2=O)cc1Cl. The van der Waals surface area contributed by atoms with E-state index in [0.717, 1.165) is 27.5 Å². The largest absolute Gasteiger partial charge is 0.505 e. The van der Waals surface area contributed by atoms with Gasteiger partial charge in [-0.1, -0.05) is 51.3 Å². The van der Waals surface area contributed by atoms with Gasteiger partial charge in [0.25, 0.3) is 11.8 Å². The van der Waals surface area contributed by atoms with Crippen molar-refractivity contribution in [1.29, 1.82) is 0 Å². The maximum atomic E-state index is 14.6. The fourth-order valence-electron chi connectivity index (χ4n) is 6.80. The Morgan fingerprint density at radius 2 is 1.77 bits per heavy atom. The number of nitrogens with zero attached hydrogens (tertiary/aromatic N) is 2. The van der Waals surface area contributed by atoms with Crippen molar-refractivity contribution in [1.82, 2.24) is 4.90 Å². The number of hydrogen-bond acceptors (Lipinski definition) is 5. The summed E-state index contributed by atoms with van der Waals surface area (Å²) in [5.41, 5.74) is 1.69. The van der Waals surface area contributed by atoms with Crippen LogP contribution in [0, 0.1) is 30.5 Å². The molecule has 4 amide bonds. The second-order valence-electron chi connectivity index (χ2n) is 10.6.